The van der Waals surface area contributed by atoms with Gasteiger partial charge in [0, 0.05) is 5.56 Å². The van der Waals surface area contributed by atoms with Crippen molar-refractivity contribution in [3.63, 3.8) is 0 Å². The first-order chi connectivity index (χ1) is 14.5. The number of phenols is 1. The number of hydrogen-bond donors (Lipinski definition) is 2. The number of aliphatic hydroxyl groups is 1. The highest BCUT2D eigenvalue weighted by atomic mass is 16.5. The number of ketones is 1. The summed E-state index contributed by atoms with van der Waals surface area (Å²) in [6.07, 6.45) is 1.48. The summed E-state index contributed by atoms with van der Waals surface area (Å²) in [7, 11) is 1.52. The zero-order valence-corrected chi connectivity index (χ0v) is 16.1. The molecule has 152 valence electrons. The van der Waals surface area contributed by atoms with Crippen LogP contribution in [-0.4, -0.2) is 33.9 Å². The van der Waals surface area contributed by atoms with Crippen molar-refractivity contribution < 1.29 is 29.0 Å². The van der Waals surface area contributed by atoms with E-state index in [9.17, 15) is 19.8 Å². The van der Waals surface area contributed by atoms with E-state index >= 15 is 0 Å². The topological polar surface area (TPSA) is 100 Å². The number of rotatable bonds is 5. The van der Waals surface area contributed by atoms with Crippen molar-refractivity contribution in [1.29, 1.82) is 0 Å². The lowest BCUT2D eigenvalue weighted by molar-refractivity contribution is -0.140. The molecule has 3 aromatic rings. The Kier molecular flexibility index (Phi) is 5.02. The van der Waals surface area contributed by atoms with Crippen LogP contribution >= 0.6 is 0 Å². The maximum absolute atomic E-state index is 12.9. The lowest BCUT2D eigenvalue weighted by Crippen LogP contribution is -2.29. The highest BCUT2D eigenvalue weighted by Gasteiger charge is 2.46. The lowest BCUT2D eigenvalue weighted by atomic mass is 9.95. The van der Waals surface area contributed by atoms with Crippen LogP contribution in [0.15, 0.2) is 76.9 Å². The predicted molar refractivity (Wildman–Crippen MR) is 108 cm³/mol. The first-order valence-electron chi connectivity index (χ1n) is 9.23. The number of nitrogens with zero attached hydrogens (tertiary/aromatic N) is 1. The number of carbonyl (C=O) groups excluding carboxylic acids is 2. The van der Waals surface area contributed by atoms with Gasteiger partial charge in [0.15, 0.2) is 0 Å². The van der Waals surface area contributed by atoms with Gasteiger partial charge >= 0.3 is 0 Å². The molecule has 0 saturated carbocycles. The van der Waals surface area contributed by atoms with E-state index in [1.165, 1.54) is 30.4 Å². The third-order valence-corrected chi connectivity index (χ3v) is 5.00. The molecule has 7 heteroatoms. The van der Waals surface area contributed by atoms with Crippen molar-refractivity contribution in [3.8, 4) is 11.5 Å². The van der Waals surface area contributed by atoms with Gasteiger partial charge in [-0.15, -0.1) is 0 Å². The minimum Gasteiger partial charge on any atom is -0.508 e. The third-order valence-electron chi connectivity index (χ3n) is 5.00. The molecule has 0 bridgehead atoms. The van der Waals surface area contributed by atoms with E-state index in [2.05, 4.69) is 0 Å². The molecular formula is C23H19NO6. The summed E-state index contributed by atoms with van der Waals surface area (Å²) in [5.74, 6) is -0.786. The van der Waals surface area contributed by atoms with Crippen molar-refractivity contribution >= 4 is 17.4 Å². The number of furan rings is 1. The summed E-state index contributed by atoms with van der Waals surface area (Å²) in [6, 6.07) is 15.3. The average Bonchev–Trinajstić information content (AvgIpc) is 3.36. The van der Waals surface area contributed by atoms with Gasteiger partial charge in [-0.2, -0.15) is 0 Å². The van der Waals surface area contributed by atoms with Crippen molar-refractivity contribution in [1.82, 2.24) is 4.90 Å². The fourth-order valence-corrected chi connectivity index (χ4v) is 3.56. The van der Waals surface area contributed by atoms with Crippen molar-refractivity contribution in [2.45, 2.75) is 12.6 Å². The van der Waals surface area contributed by atoms with E-state index in [1.54, 1.807) is 48.5 Å². The number of methoxy groups -OCH3 is 1. The van der Waals surface area contributed by atoms with Gasteiger partial charge in [0.25, 0.3) is 11.7 Å². The van der Waals surface area contributed by atoms with Gasteiger partial charge in [0.1, 0.15) is 23.0 Å². The highest BCUT2D eigenvalue weighted by Crippen LogP contribution is 2.41. The molecule has 0 radical (unpaired) electrons. The second-order valence-corrected chi connectivity index (χ2v) is 6.83. The molecule has 1 aromatic heterocycles. The quantitative estimate of drug-likeness (QED) is 0.382. The molecule has 7 nitrogen and oxygen atoms in total. The Hall–Kier alpha value is -4.00. The smallest absolute Gasteiger partial charge is 0.296 e. The molecule has 2 heterocycles. The van der Waals surface area contributed by atoms with Crippen molar-refractivity contribution in [2.75, 3.05) is 7.11 Å². The van der Waals surface area contributed by atoms with Crippen LogP contribution in [-0.2, 0) is 16.1 Å². The number of Topliss-reactive ketones (excluding diaryl/α,β-unsaturated/α-hetero) is 1. The summed E-state index contributed by atoms with van der Waals surface area (Å²) in [5, 5.41) is 20.9. The Labute approximate surface area is 172 Å². The van der Waals surface area contributed by atoms with Crippen LogP contribution in [0.3, 0.4) is 0 Å². The summed E-state index contributed by atoms with van der Waals surface area (Å²) >= 11 is 0. The fraction of sp³-hybridized carbons (Fsp3) is 0.130. The Morgan fingerprint density at radius 1 is 1.10 bits per heavy atom. The van der Waals surface area contributed by atoms with Gasteiger partial charge in [0.2, 0.25) is 0 Å². The number of benzene rings is 2. The van der Waals surface area contributed by atoms with Gasteiger partial charge in [-0.3, -0.25) is 9.59 Å². The Morgan fingerprint density at radius 3 is 2.50 bits per heavy atom. The monoisotopic (exact) mass is 405 g/mol. The minimum atomic E-state index is -0.885. The van der Waals surface area contributed by atoms with Crippen molar-refractivity contribution in [3.05, 3.63) is 89.4 Å². The number of phenolic OH excluding ortho intramolecular Hbond substituents is 1. The molecule has 4 rings (SSSR count). The Balaban J connectivity index is 1.85. The summed E-state index contributed by atoms with van der Waals surface area (Å²) < 4.78 is 10.5. The van der Waals surface area contributed by atoms with Gasteiger partial charge in [-0.05, 0) is 54.1 Å². The van der Waals surface area contributed by atoms with E-state index in [4.69, 9.17) is 9.15 Å². The van der Waals surface area contributed by atoms with Crippen LogP contribution in [0.25, 0.3) is 5.76 Å². The SMILES string of the molecule is COc1ccc(C(O)=C2C(=O)C(=O)N(Cc3ccco3)C2c2cccc(O)c2)cc1. The second-order valence-electron chi connectivity index (χ2n) is 6.83. The fourth-order valence-electron chi connectivity index (χ4n) is 3.56. The zero-order chi connectivity index (χ0) is 21.3. The van der Waals surface area contributed by atoms with Crippen LogP contribution in [0.1, 0.15) is 22.9 Å². The first-order valence-corrected chi connectivity index (χ1v) is 9.23. The van der Waals surface area contributed by atoms with Crippen LogP contribution in [0, 0.1) is 0 Å². The van der Waals surface area contributed by atoms with E-state index in [0.29, 0.717) is 22.6 Å². The molecule has 2 aromatic carbocycles. The molecule has 1 saturated heterocycles. The number of aliphatic hydroxyl groups excluding tert-OH is 1. The normalized spacial score (nSPS) is 18.0. The minimum absolute atomic E-state index is 0.0134. The van der Waals surface area contributed by atoms with Gasteiger partial charge in [-0.1, -0.05) is 12.1 Å². The maximum atomic E-state index is 12.9. The first kappa shape index (κ1) is 19.3. The van der Waals surface area contributed by atoms with Crippen LogP contribution in [0.4, 0.5) is 0 Å². The van der Waals surface area contributed by atoms with Crippen molar-refractivity contribution in [2.24, 2.45) is 0 Å². The number of hydrogen-bond acceptors (Lipinski definition) is 6. The van der Waals surface area contributed by atoms with E-state index in [0.717, 1.165) is 0 Å². The van der Waals surface area contributed by atoms with E-state index < -0.39 is 17.7 Å². The number of ether oxygens (including phenoxy) is 1. The second kappa shape index (κ2) is 7.79. The van der Waals surface area contributed by atoms with Crippen LogP contribution < -0.4 is 4.74 Å². The molecule has 0 aliphatic carbocycles. The predicted octanol–water partition coefficient (Wildman–Crippen LogP) is 3.62. The number of carbonyl (C=O) groups is 2. The highest BCUT2D eigenvalue weighted by molar-refractivity contribution is 6.46. The number of aromatic hydroxyl groups is 1. The molecule has 2 N–H and O–H groups in total. The molecule has 1 atom stereocenters. The average molecular weight is 405 g/mol. The third kappa shape index (κ3) is 3.41. The lowest BCUT2D eigenvalue weighted by Gasteiger charge is -2.24. The zero-order valence-electron chi connectivity index (χ0n) is 16.1. The molecular weight excluding hydrogens is 386 g/mol. The standard InChI is InChI=1S/C23H19NO6/c1-29-17-9-7-14(8-10-17)21(26)19-20(15-4-2-5-16(25)12-15)24(23(28)22(19)27)13-18-6-3-11-30-18/h2-12,20,25-26H,13H2,1H3. The molecule has 1 fully saturated rings. The Morgan fingerprint density at radius 2 is 1.87 bits per heavy atom. The molecule has 1 aliphatic rings. The summed E-state index contributed by atoms with van der Waals surface area (Å²) in [4.78, 5) is 27.1. The maximum Gasteiger partial charge on any atom is 0.296 e. The van der Waals surface area contributed by atoms with Gasteiger partial charge < -0.3 is 24.3 Å². The van der Waals surface area contributed by atoms with Crippen LogP contribution in [0.5, 0.6) is 11.5 Å². The molecule has 0 spiro atoms. The van der Waals surface area contributed by atoms with Gasteiger partial charge in [-0.25, -0.2) is 0 Å². The Bertz CT molecular complexity index is 1110. The van der Waals surface area contributed by atoms with Crippen LogP contribution in [0.2, 0.25) is 0 Å². The van der Waals surface area contributed by atoms with E-state index in [1.807, 2.05) is 0 Å². The molecule has 1 aliphatic heterocycles. The summed E-state index contributed by atoms with van der Waals surface area (Å²) in [5.41, 5.74) is 0.815. The van der Waals surface area contributed by atoms with E-state index in [-0.39, 0.29) is 23.6 Å². The summed E-state index contributed by atoms with van der Waals surface area (Å²) in [6.45, 7) is 0.0390. The molecule has 30 heavy (non-hydrogen) atoms. The van der Waals surface area contributed by atoms with Gasteiger partial charge in [0.05, 0.1) is 31.5 Å². The number of amides is 1. The molecule has 1 unspecified atom stereocenters. The number of likely N-dealkylation sites (tertiary alicyclic amines) is 1. The molecule has 1 amide bonds. The largest absolute Gasteiger partial charge is 0.508 e.